The Kier molecular flexibility index (Phi) is 4.66. The van der Waals surface area contributed by atoms with Crippen LogP contribution in [-0.4, -0.2) is 21.0 Å². The maximum absolute atomic E-state index is 10.8. The molecule has 0 saturated carbocycles. The molecular weight excluding hydrogens is 268 g/mol. The van der Waals surface area contributed by atoms with Gasteiger partial charge in [-0.2, -0.15) is 4.98 Å². The molecule has 1 aromatic heterocycles. The topological polar surface area (TPSA) is 101 Å². The number of nitrogen functional groups attached to an aromatic ring is 1. The van der Waals surface area contributed by atoms with Crippen LogP contribution in [0.3, 0.4) is 0 Å². The zero-order chi connectivity index (χ0) is 13.1. The molecule has 0 spiro atoms. The summed E-state index contributed by atoms with van der Waals surface area (Å²) in [6, 6.07) is 8.04. The average molecular weight is 281 g/mol. The van der Waals surface area contributed by atoms with Crippen molar-refractivity contribution in [2.24, 2.45) is 0 Å². The zero-order valence-corrected chi connectivity index (χ0v) is 10.9. The van der Waals surface area contributed by atoms with Gasteiger partial charge in [-0.15, -0.1) is 12.4 Å². The molecule has 6 nitrogen and oxygen atoms in total. The second-order valence-electron chi connectivity index (χ2n) is 3.77. The van der Waals surface area contributed by atoms with E-state index in [1.807, 2.05) is 0 Å². The maximum atomic E-state index is 10.8. The molecule has 0 amide bonds. The number of benzene rings is 1. The Morgan fingerprint density at radius 2 is 2.05 bits per heavy atom. The number of carbonyl (C=O) groups is 1. The van der Waals surface area contributed by atoms with Gasteiger partial charge in [0.2, 0.25) is 5.95 Å². The molecule has 0 saturated heterocycles. The molecule has 1 heterocycles. The normalized spacial score (nSPS) is 9.53. The molecule has 7 heteroatoms. The van der Waals surface area contributed by atoms with E-state index >= 15 is 0 Å². The summed E-state index contributed by atoms with van der Waals surface area (Å²) in [6.07, 6.45) is 0. The SMILES string of the molecule is Cc1cc(N)nc(Nc2cccc(C(=O)O)c2)n1.Cl. The Morgan fingerprint density at radius 1 is 1.32 bits per heavy atom. The minimum atomic E-state index is -0.983. The van der Waals surface area contributed by atoms with Crippen molar-refractivity contribution in [1.82, 2.24) is 9.97 Å². The van der Waals surface area contributed by atoms with Crippen molar-refractivity contribution in [2.45, 2.75) is 6.92 Å². The highest BCUT2D eigenvalue weighted by molar-refractivity contribution is 5.89. The first-order valence-electron chi connectivity index (χ1n) is 5.26. The van der Waals surface area contributed by atoms with Gasteiger partial charge in [-0.25, -0.2) is 9.78 Å². The van der Waals surface area contributed by atoms with Crippen molar-refractivity contribution in [3.8, 4) is 0 Å². The van der Waals surface area contributed by atoms with Crippen LogP contribution in [0.15, 0.2) is 30.3 Å². The molecule has 0 unspecified atom stereocenters. The number of nitrogens with two attached hydrogens (primary N) is 1. The van der Waals surface area contributed by atoms with Crippen molar-refractivity contribution in [1.29, 1.82) is 0 Å². The Bertz CT molecular complexity index is 584. The van der Waals surface area contributed by atoms with E-state index in [0.717, 1.165) is 5.69 Å². The van der Waals surface area contributed by atoms with E-state index in [1.165, 1.54) is 12.1 Å². The van der Waals surface area contributed by atoms with Gasteiger partial charge < -0.3 is 16.2 Å². The lowest BCUT2D eigenvalue weighted by atomic mass is 10.2. The molecule has 0 atom stereocenters. The van der Waals surface area contributed by atoms with E-state index in [4.69, 9.17) is 10.8 Å². The number of halogens is 1. The van der Waals surface area contributed by atoms with Crippen LogP contribution < -0.4 is 11.1 Å². The van der Waals surface area contributed by atoms with Crippen LogP contribution in [-0.2, 0) is 0 Å². The smallest absolute Gasteiger partial charge is 0.335 e. The van der Waals surface area contributed by atoms with Crippen LogP contribution in [0.2, 0.25) is 0 Å². The number of aryl methyl sites for hydroxylation is 1. The molecule has 2 rings (SSSR count). The molecule has 100 valence electrons. The lowest BCUT2D eigenvalue weighted by Gasteiger charge is -2.06. The fourth-order valence-corrected chi connectivity index (χ4v) is 1.51. The van der Waals surface area contributed by atoms with Crippen LogP contribution in [0.25, 0.3) is 0 Å². The van der Waals surface area contributed by atoms with E-state index in [9.17, 15) is 4.79 Å². The number of nitrogens with zero attached hydrogens (tertiary/aromatic N) is 2. The van der Waals surface area contributed by atoms with E-state index < -0.39 is 5.97 Å². The largest absolute Gasteiger partial charge is 0.478 e. The quantitative estimate of drug-likeness (QED) is 0.797. The fraction of sp³-hybridized carbons (Fsp3) is 0.0833. The van der Waals surface area contributed by atoms with Gasteiger partial charge in [0, 0.05) is 17.4 Å². The van der Waals surface area contributed by atoms with Gasteiger partial charge in [-0.1, -0.05) is 6.07 Å². The summed E-state index contributed by atoms with van der Waals surface area (Å²) >= 11 is 0. The van der Waals surface area contributed by atoms with Gasteiger partial charge in [-0.05, 0) is 25.1 Å². The van der Waals surface area contributed by atoms with E-state index in [-0.39, 0.29) is 18.0 Å². The molecule has 4 N–H and O–H groups in total. The van der Waals surface area contributed by atoms with Crippen LogP contribution in [0.1, 0.15) is 16.1 Å². The number of aromatic nitrogens is 2. The van der Waals surface area contributed by atoms with Crippen molar-refractivity contribution < 1.29 is 9.90 Å². The van der Waals surface area contributed by atoms with E-state index in [0.29, 0.717) is 17.5 Å². The maximum Gasteiger partial charge on any atom is 0.335 e. The highest BCUT2D eigenvalue weighted by atomic mass is 35.5. The standard InChI is InChI=1S/C12H12N4O2.ClH/c1-7-5-10(13)16-12(14-7)15-9-4-2-3-8(6-9)11(17)18;/h2-6H,1H3,(H,17,18)(H3,13,14,15,16);1H. The predicted octanol–water partition coefficient (Wildman–Crippen LogP) is 2.23. The monoisotopic (exact) mass is 280 g/mol. The summed E-state index contributed by atoms with van der Waals surface area (Å²) in [7, 11) is 0. The third-order valence-electron chi connectivity index (χ3n) is 2.24. The highest BCUT2D eigenvalue weighted by Gasteiger charge is 2.05. The van der Waals surface area contributed by atoms with Crippen molar-refractivity contribution >= 4 is 35.8 Å². The van der Waals surface area contributed by atoms with Crippen LogP contribution in [0.5, 0.6) is 0 Å². The van der Waals surface area contributed by atoms with E-state index in [2.05, 4.69) is 15.3 Å². The molecule has 2 aromatic rings. The molecule has 0 aliphatic rings. The van der Waals surface area contributed by atoms with Gasteiger partial charge in [-0.3, -0.25) is 0 Å². The molecule has 0 aliphatic heterocycles. The first-order chi connectivity index (χ1) is 8.54. The average Bonchev–Trinajstić information content (AvgIpc) is 2.27. The highest BCUT2D eigenvalue weighted by Crippen LogP contribution is 2.16. The summed E-state index contributed by atoms with van der Waals surface area (Å²) in [5, 5.41) is 11.8. The number of hydrogen-bond donors (Lipinski definition) is 3. The molecule has 0 radical (unpaired) electrons. The summed E-state index contributed by atoms with van der Waals surface area (Å²) in [6.45, 7) is 1.80. The predicted molar refractivity (Wildman–Crippen MR) is 75.1 cm³/mol. The molecule has 1 aromatic carbocycles. The van der Waals surface area contributed by atoms with Gasteiger partial charge in [0.15, 0.2) is 0 Å². The number of rotatable bonds is 3. The van der Waals surface area contributed by atoms with Crippen LogP contribution >= 0.6 is 12.4 Å². The minimum Gasteiger partial charge on any atom is -0.478 e. The summed E-state index contributed by atoms with van der Waals surface area (Å²) in [5.41, 5.74) is 7.13. The fourth-order valence-electron chi connectivity index (χ4n) is 1.51. The Hall–Kier alpha value is -2.34. The number of hydrogen-bond acceptors (Lipinski definition) is 5. The summed E-state index contributed by atoms with van der Waals surface area (Å²) in [5.74, 6) is -0.280. The molecule has 19 heavy (non-hydrogen) atoms. The van der Waals surface area contributed by atoms with Gasteiger partial charge >= 0.3 is 5.97 Å². The van der Waals surface area contributed by atoms with E-state index in [1.54, 1.807) is 25.1 Å². The number of carboxylic acids is 1. The van der Waals surface area contributed by atoms with Crippen molar-refractivity contribution in [3.63, 3.8) is 0 Å². The third kappa shape index (κ3) is 3.82. The van der Waals surface area contributed by atoms with Crippen molar-refractivity contribution in [2.75, 3.05) is 11.1 Å². The first kappa shape index (κ1) is 14.7. The minimum absolute atomic E-state index is 0. The lowest BCUT2D eigenvalue weighted by molar-refractivity contribution is 0.0697. The van der Waals surface area contributed by atoms with Crippen LogP contribution in [0, 0.1) is 6.92 Å². The molecule has 0 aliphatic carbocycles. The number of aromatic carboxylic acids is 1. The van der Waals surface area contributed by atoms with Gasteiger partial charge in [0.05, 0.1) is 5.56 Å². The number of carboxylic acid groups (broad SMARTS) is 1. The lowest BCUT2D eigenvalue weighted by Crippen LogP contribution is -2.03. The second-order valence-corrected chi connectivity index (χ2v) is 3.77. The molecule has 0 fully saturated rings. The van der Waals surface area contributed by atoms with Crippen molar-refractivity contribution in [3.05, 3.63) is 41.6 Å². The Balaban J connectivity index is 0.00000180. The van der Waals surface area contributed by atoms with Gasteiger partial charge in [0.1, 0.15) is 5.82 Å². The van der Waals surface area contributed by atoms with Gasteiger partial charge in [0.25, 0.3) is 0 Å². The Labute approximate surface area is 116 Å². The number of anilines is 3. The third-order valence-corrected chi connectivity index (χ3v) is 2.24. The summed E-state index contributed by atoms with van der Waals surface area (Å²) in [4.78, 5) is 19.0. The molecule has 0 bridgehead atoms. The Morgan fingerprint density at radius 3 is 2.68 bits per heavy atom. The first-order valence-corrected chi connectivity index (χ1v) is 5.26. The number of nitrogens with one attached hydrogen (secondary N) is 1. The second kappa shape index (κ2) is 6.01. The summed E-state index contributed by atoms with van der Waals surface area (Å²) < 4.78 is 0. The van der Waals surface area contributed by atoms with Crippen LogP contribution in [0.4, 0.5) is 17.5 Å². The molecular formula is C12H13ClN4O2. The zero-order valence-electron chi connectivity index (χ0n) is 10.1.